The van der Waals surface area contributed by atoms with Gasteiger partial charge in [0.15, 0.2) is 0 Å². The molecule has 4 N–H and O–H groups in total. The van der Waals surface area contributed by atoms with Gasteiger partial charge >= 0.3 is 0 Å². The Kier molecular flexibility index (Phi) is 6.91. The highest BCUT2D eigenvalue weighted by Gasteiger charge is 2.45. The highest BCUT2D eigenvalue weighted by Crippen LogP contribution is 2.40. The Morgan fingerprint density at radius 3 is 2.38 bits per heavy atom. The Morgan fingerprint density at radius 1 is 1.06 bits per heavy atom. The fourth-order valence-electron chi connectivity index (χ4n) is 4.19. The molecule has 1 aliphatic carbocycles. The maximum atomic E-state index is 10.4. The topological polar surface area (TPSA) is 103 Å². The average molecular weight is 461 g/mol. The summed E-state index contributed by atoms with van der Waals surface area (Å²) >= 11 is 6.72. The van der Waals surface area contributed by atoms with Gasteiger partial charge in [0.2, 0.25) is 0 Å². The molecule has 0 amide bonds. The predicted octanol–water partition coefficient (Wildman–Crippen LogP) is 3.23. The van der Waals surface area contributed by atoms with Crippen molar-refractivity contribution in [3.63, 3.8) is 0 Å². The minimum atomic E-state index is -1.49. The zero-order chi connectivity index (χ0) is 23.0. The molecule has 1 aliphatic heterocycles. The first-order valence-corrected chi connectivity index (χ1v) is 11.2. The SMILES string of the molecule is C=C(c1occc1C(Cl)=C(C)Cc1ccc(C2CC2)cc1)C1OC(CO)C(O)C(O)C1O. The third-order valence-corrected chi connectivity index (χ3v) is 6.83. The van der Waals surface area contributed by atoms with Gasteiger partial charge in [-0.05, 0) is 54.9 Å². The zero-order valence-corrected chi connectivity index (χ0v) is 18.7. The van der Waals surface area contributed by atoms with Crippen molar-refractivity contribution in [1.29, 1.82) is 0 Å². The standard InChI is InChI=1S/C25H29ClO6/c1-13(11-15-3-5-16(6-4-15)17-7-8-17)20(26)18-9-10-31-24(18)14(2)25-23(30)22(29)21(28)19(12-27)32-25/h3-6,9-10,17,19,21-23,25,27-30H,2,7-8,11-12H2,1H3. The molecular formula is C25H29ClO6. The largest absolute Gasteiger partial charge is 0.464 e. The number of furan rings is 1. The van der Waals surface area contributed by atoms with Gasteiger partial charge < -0.3 is 29.6 Å². The molecule has 6 nitrogen and oxygen atoms in total. The van der Waals surface area contributed by atoms with Gasteiger partial charge in [0, 0.05) is 11.1 Å². The highest BCUT2D eigenvalue weighted by molar-refractivity contribution is 6.49. The third kappa shape index (κ3) is 4.57. The van der Waals surface area contributed by atoms with Crippen molar-refractivity contribution in [3.8, 4) is 0 Å². The molecule has 2 aliphatic rings. The van der Waals surface area contributed by atoms with Crippen LogP contribution in [0.4, 0.5) is 0 Å². The molecule has 1 aromatic carbocycles. The maximum Gasteiger partial charge on any atom is 0.140 e. The first-order chi connectivity index (χ1) is 15.3. The van der Waals surface area contributed by atoms with Crippen LogP contribution in [-0.2, 0) is 11.2 Å². The fourth-order valence-corrected chi connectivity index (χ4v) is 4.40. The molecule has 2 fully saturated rings. The van der Waals surface area contributed by atoms with Gasteiger partial charge in [0.1, 0.15) is 36.3 Å². The van der Waals surface area contributed by atoms with E-state index in [4.69, 9.17) is 20.8 Å². The summed E-state index contributed by atoms with van der Waals surface area (Å²) in [6.07, 6.45) is -1.79. The molecule has 2 aromatic rings. The van der Waals surface area contributed by atoms with Gasteiger partial charge in [0.05, 0.1) is 17.9 Å². The number of halogens is 1. The number of ether oxygens (including phenoxy) is 1. The first kappa shape index (κ1) is 23.2. The summed E-state index contributed by atoms with van der Waals surface area (Å²) < 4.78 is 11.2. The molecule has 5 atom stereocenters. The van der Waals surface area contributed by atoms with Crippen molar-refractivity contribution in [2.75, 3.05) is 6.61 Å². The van der Waals surface area contributed by atoms with Crippen molar-refractivity contribution in [2.24, 2.45) is 0 Å². The fraction of sp³-hybridized carbons (Fsp3) is 0.440. The number of hydrogen-bond acceptors (Lipinski definition) is 6. The normalized spacial score (nSPS) is 29.0. The number of aliphatic hydroxyl groups excluding tert-OH is 4. The van der Waals surface area contributed by atoms with Crippen molar-refractivity contribution in [1.82, 2.24) is 0 Å². The van der Waals surface area contributed by atoms with Crippen LogP contribution in [0.3, 0.4) is 0 Å². The molecule has 32 heavy (non-hydrogen) atoms. The highest BCUT2D eigenvalue weighted by atomic mass is 35.5. The molecule has 1 aromatic heterocycles. The summed E-state index contributed by atoms with van der Waals surface area (Å²) in [6.45, 7) is 5.42. The summed E-state index contributed by atoms with van der Waals surface area (Å²) in [4.78, 5) is 0. The molecule has 1 saturated heterocycles. The number of allylic oxidation sites excluding steroid dienone is 1. The number of rotatable bonds is 7. The van der Waals surface area contributed by atoms with Crippen LogP contribution in [0.2, 0.25) is 0 Å². The van der Waals surface area contributed by atoms with E-state index < -0.39 is 37.1 Å². The van der Waals surface area contributed by atoms with Gasteiger partial charge in [-0.3, -0.25) is 0 Å². The zero-order valence-electron chi connectivity index (χ0n) is 17.9. The second kappa shape index (κ2) is 9.51. The van der Waals surface area contributed by atoms with Crippen LogP contribution in [0.15, 0.2) is 53.2 Å². The van der Waals surface area contributed by atoms with Crippen LogP contribution >= 0.6 is 11.6 Å². The lowest BCUT2D eigenvalue weighted by Gasteiger charge is -2.40. The van der Waals surface area contributed by atoms with Gasteiger partial charge in [0.25, 0.3) is 0 Å². The van der Waals surface area contributed by atoms with E-state index in [0.717, 1.165) is 11.1 Å². The molecule has 0 bridgehead atoms. The molecule has 5 unspecified atom stereocenters. The Bertz CT molecular complexity index is 988. The summed E-state index contributed by atoms with van der Waals surface area (Å²) in [5, 5.41) is 40.5. The summed E-state index contributed by atoms with van der Waals surface area (Å²) in [5.41, 5.74) is 4.34. The second-order valence-corrected chi connectivity index (χ2v) is 9.10. The molecular weight excluding hydrogens is 432 g/mol. The number of benzene rings is 1. The third-order valence-electron chi connectivity index (χ3n) is 6.30. The van der Waals surface area contributed by atoms with Crippen LogP contribution in [0.25, 0.3) is 10.6 Å². The van der Waals surface area contributed by atoms with E-state index in [2.05, 4.69) is 30.8 Å². The van der Waals surface area contributed by atoms with Gasteiger partial charge in [-0.1, -0.05) is 42.4 Å². The quantitative estimate of drug-likeness (QED) is 0.506. The summed E-state index contributed by atoms with van der Waals surface area (Å²) in [6, 6.07) is 10.3. The Hall–Kier alpha value is -1.93. The maximum absolute atomic E-state index is 10.4. The van der Waals surface area contributed by atoms with E-state index in [1.165, 1.54) is 24.7 Å². The molecule has 0 radical (unpaired) electrons. The van der Waals surface area contributed by atoms with E-state index >= 15 is 0 Å². The predicted molar refractivity (Wildman–Crippen MR) is 122 cm³/mol. The number of hydrogen-bond donors (Lipinski definition) is 4. The smallest absolute Gasteiger partial charge is 0.140 e. The van der Waals surface area contributed by atoms with E-state index in [1.54, 1.807) is 6.07 Å². The lowest BCUT2D eigenvalue weighted by Crippen LogP contribution is -2.58. The monoisotopic (exact) mass is 460 g/mol. The minimum absolute atomic E-state index is 0.265. The van der Waals surface area contributed by atoms with E-state index in [9.17, 15) is 20.4 Å². The van der Waals surface area contributed by atoms with Crippen LogP contribution in [0.1, 0.15) is 48.1 Å². The van der Waals surface area contributed by atoms with Crippen LogP contribution in [-0.4, -0.2) is 57.6 Å². The lowest BCUT2D eigenvalue weighted by molar-refractivity contribution is -0.214. The van der Waals surface area contributed by atoms with Crippen molar-refractivity contribution >= 4 is 22.2 Å². The van der Waals surface area contributed by atoms with Gasteiger partial charge in [-0.25, -0.2) is 0 Å². The molecule has 2 heterocycles. The molecule has 4 rings (SSSR count). The molecule has 7 heteroatoms. The lowest BCUT2D eigenvalue weighted by atomic mass is 9.90. The second-order valence-electron chi connectivity index (χ2n) is 8.73. The summed E-state index contributed by atoms with van der Waals surface area (Å²) in [5.74, 6) is 1.04. The summed E-state index contributed by atoms with van der Waals surface area (Å²) in [7, 11) is 0. The van der Waals surface area contributed by atoms with Gasteiger partial charge in [-0.2, -0.15) is 0 Å². The van der Waals surface area contributed by atoms with Crippen molar-refractivity contribution in [2.45, 2.75) is 62.6 Å². The number of aliphatic hydroxyl groups is 4. The average Bonchev–Trinajstić information content (AvgIpc) is 3.53. The van der Waals surface area contributed by atoms with E-state index in [1.807, 2.05) is 6.92 Å². The van der Waals surface area contributed by atoms with Gasteiger partial charge in [-0.15, -0.1) is 0 Å². The first-order valence-electron chi connectivity index (χ1n) is 10.8. The Morgan fingerprint density at radius 2 is 1.75 bits per heavy atom. The van der Waals surface area contributed by atoms with Crippen molar-refractivity contribution < 1.29 is 29.6 Å². The molecule has 1 saturated carbocycles. The van der Waals surface area contributed by atoms with Crippen LogP contribution in [0, 0.1) is 0 Å². The minimum Gasteiger partial charge on any atom is -0.464 e. The van der Waals surface area contributed by atoms with Crippen molar-refractivity contribution in [3.05, 3.63) is 71.2 Å². The molecule has 172 valence electrons. The van der Waals surface area contributed by atoms with E-state index in [0.29, 0.717) is 28.7 Å². The van der Waals surface area contributed by atoms with Crippen LogP contribution in [0.5, 0.6) is 0 Å². The van der Waals surface area contributed by atoms with Crippen LogP contribution < -0.4 is 0 Å². The van der Waals surface area contributed by atoms with E-state index in [-0.39, 0.29) is 5.57 Å². The Labute approximate surface area is 192 Å². The Balaban J connectivity index is 1.54. The molecule has 0 spiro atoms.